The lowest BCUT2D eigenvalue weighted by molar-refractivity contribution is 0.584. The summed E-state index contributed by atoms with van der Waals surface area (Å²) in [6.45, 7) is 4.99. The maximum absolute atomic E-state index is 9.45. The molecule has 1 aromatic heterocycles. The number of nitriles is 1. The second-order valence-corrected chi connectivity index (χ2v) is 5.50. The van der Waals surface area contributed by atoms with E-state index in [4.69, 9.17) is 4.98 Å². The second kappa shape index (κ2) is 6.11. The molecule has 1 aliphatic rings. The summed E-state index contributed by atoms with van der Waals surface area (Å²) in [7, 11) is 0. The van der Waals surface area contributed by atoms with Crippen molar-refractivity contribution in [2.45, 2.75) is 25.8 Å². The minimum Gasteiger partial charge on any atom is -0.354 e. The van der Waals surface area contributed by atoms with E-state index < -0.39 is 0 Å². The molecule has 21 heavy (non-hydrogen) atoms. The van der Waals surface area contributed by atoms with Crippen molar-refractivity contribution >= 4 is 16.7 Å². The SMILES string of the molecule is CCN(CC1CCCN1)c1nc2ccccc2cc1C#N. The zero-order valence-electron chi connectivity index (χ0n) is 12.3. The van der Waals surface area contributed by atoms with Crippen molar-refractivity contribution < 1.29 is 0 Å². The van der Waals surface area contributed by atoms with Crippen LogP contribution in [0.15, 0.2) is 30.3 Å². The maximum Gasteiger partial charge on any atom is 0.147 e. The van der Waals surface area contributed by atoms with Crippen molar-refractivity contribution in [3.8, 4) is 6.07 Å². The van der Waals surface area contributed by atoms with Crippen LogP contribution in [-0.2, 0) is 0 Å². The topological polar surface area (TPSA) is 52.0 Å². The molecule has 2 aromatic rings. The number of anilines is 1. The number of fused-ring (bicyclic) bond motifs is 1. The van der Waals surface area contributed by atoms with Crippen LogP contribution in [0.2, 0.25) is 0 Å². The average molecular weight is 280 g/mol. The zero-order valence-corrected chi connectivity index (χ0v) is 12.3. The van der Waals surface area contributed by atoms with Crippen molar-refractivity contribution in [1.29, 1.82) is 5.26 Å². The Bertz CT molecular complexity index is 668. The average Bonchev–Trinajstić information content (AvgIpc) is 3.04. The highest BCUT2D eigenvalue weighted by atomic mass is 15.2. The third-order valence-electron chi connectivity index (χ3n) is 4.11. The van der Waals surface area contributed by atoms with E-state index in [1.54, 1.807) is 0 Å². The van der Waals surface area contributed by atoms with Crippen LogP contribution in [0.5, 0.6) is 0 Å². The molecule has 1 aromatic carbocycles. The van der Waals surface area contributed by atoms with Gasteiger partial charge in [0.25, 0.3) is 0 Å². The highest BCUT2D eigenvalue weighted by Crippen LogP contribution is 2.24. The summed E-state index contributed by atoms with van der Waals surface area (Å²) in [5.74, 6) is 0.812. The van der Waals surface area contributed by atoms with Crippen molar-refractivity contribution in [2.75, 3.05) is 24.5 Å². The molecule has 0 radical (unpaired) electrons. The van der Waals surface area contributed by atoms with Crippen LogP contribution >= 0.6 is 0 Å². The third-order valence-corrected chi connectivity index (χ3v) is 4.11. The number of nitrogens with one attached hydrogen (secondary N) is 1. The Morgan fingerprint density at radius 1 is 1.43 bits per heavy atom. The van der Waals surface area contributed by atoms with Crippen LogP contribution in [0.3, 0.4) is 0 Å². The zero-order chi connectivity index (χ0) is 14.7. The number of benzene rings is 1. The second-order valence-electron chi connectivity index (χ2n) is 5.50. The molecule has 1 atom stereocenters. The smallest absolute Gasteiger partial charge is 0.147 e. The molecule has 1 fully saturated rings. The molecule has 4 heteroatoms. The van der Waals surface area contributed by atoms with Crippen LogP contribution in [0.4, 0.5) is 5.82 Å². The first-order valence-corrected chi connectivity index (χ1v) is 7.60. The number of nitrogens with zero attached hydrogens (tertiary/aromatic N) is 3. The van der Waals surface area contributed by atoms with Crippen LogP contribution < -0.4 is 10.2 Å². The normalized spacial score (nSPS) is 17.8. The number of pyridine rings is 1. The molecule has 108 valence electrons. The minimum atomic E-state index is 0.504. The van der Waals surface area contributed by atoms with Gasteiger partial charge in [0.05, 0.1) is 11.1 Å². The first-order valence-electron chi connectivity index (χ1n) is 7.60. The molecule has 4 nitrogen and oxygen atoms in total. The first kappa shape index (κ1) is 13.8. The number of hydrogen-bond acceptors (Lipinski definition) is 4. The lowest BCUT2D eigenvalue weighted by Crippen LogP contribution is -2.38. The van der Waals surface area contributed by atoms with Crippen molar-refractivity contribution in [3.05, 3.63) is 35.9 Å². The van der Waals surface area contributed by atoms with Gasteiger partial charge in [0.15, 0.2) is 0 Å². The summed E-state index contributed by atoms with van der Waals surface area (Å²) in [6, 6.07) is 12.7. The summed E-state index contributed by atoms with van der Waals surface area (Å²) < 4.78 is 0. The van der Waals surface area contributed by atoms with Gasteiger partial charge in [0.2, 0.25) is 0 Å². The Labute approximate surface area is 125 Å². The van der Waals surface area contributed by atoms with Gasteiger partial charge in [-0.3, -0.25) is 0 Å². The van der Waals surface area contributed by atoms with Crippen molar-refractivity contribution in [1.82, 2.24) is 10.3 Å². The van der Waals surface area contributed by atoms with Gasteiger partial charge in [-0.25, -0.2) is 4.98 Å². The monoisotopic (exact) mass is 280 g/mol. The Balaban J connectivity index is 1.97. The van der Waals surface area contributed by atoms with Gasteiger partial charge in [-0.2, -0.15) is 5.26 Å². The van der Waals surface area contributed by atoms with Gasteiger partial charge in [-0.05, 0) is 38.4 Å². The molecule has 0 aliphatic carbocycles. The Hall–Kier alpha value is -2.12. The molecule has 1 saturated heterocycles. The predicted octanol–water partition coefficient (Wildman–Crippen LogP) is 2.68. The summed E-state index contributed by atoms with van der Waals surface area (Å²) in [5.41, 5.74) is 1.61. The number of hydrogen-bond donors (Lipinski definition) is 1. The van der Waals surface area contributed by atoms with E-state index >= 15 is 0 Å². The van der Waals surface area contributed by atoms with Crippen molar-refractivity contribution in [2.24, 2.45) is 0 Å². The number of aromatic nitrogens is 1. The van der Waals surface area contributed by atoms with E-state index in [1.165, 1.54) is 12.8 Å². The summed E-state index contributed by atoms with van der Waals surface area (Å²) >= 11 is 0. The summed E-state index contributed by atoms with van der Waals surface area (Å²) in [4.78, 5) is 6.95. The summed E-state index contributed by atoms with van der Waals surface area (Å²) in [6.07, 6.45) is 2.43. The Morgan fingerprint density at radius 2 is 2.29 bits per heavy atom. The van der Waals surface area contributed by atoms with Crippen LogP contribution in [-0.4, -0.2) is 30.7 Å². The predicted molar refractivity (Wildman–Crippen MR) is 85.4 cm³/mol. The lowest BCUT2D eigenvalue weighted by atomic mass is 10.1. The fourth-order valence-corrected chi connectivity index (χ4v) is 2.97. The van der Waals surface area contributed by atoms with Gasteiger partial charge < -0.3 is 10.2 Å². The Kier molecular flexibility index (Phi) is 4.03. The van der Waals surface area contributed by atoms with Crippen LogP contribution in [0.1, 0.15) is 25.3 Å². The maximum atomic E-state index is 9.45. The van der Waals surface area contributed by atoms with E-state index in [0.717, 1.165) is 36.4 Å². The minimum absolute atomic E-state index is 0.504. The molecular weight excluding hydrogens is 260 g/mol. The van der Waals surface area contributed by atoms with E-state index in [2.05, 4.69) is 23.2 Å². The van der Waals surface area contributed by atoms with E-state index in [0.29, 0.717) is 11.6 Å². The van der Waals surface area contributed by atoms with Crippen LogP contribution in [0.25, 0.3) is 10.9 Å². The van der Waals surface area contributed by atoms with Gasteiger partial charge in [-0.1, -0.05) is 18.2 Å². The Morgan fingerprint density at radius 3 is 3.00 bits per heavy atom. The van der Waals surface area contributed by atoms with Crippen molar-refractivity contribution in [3.63, 3.8) is 0 Å². The van der Waals surface area contributed by atoms with Gasteiger partial charge in [-0.15, -0.1) is 0 Å². The highest BCUT2D eigenvalue weighted by molar-refractivity contribution is 5.83. The largest absolute Gasteiger partial charge is 0.354 e. The van der Waals surface area contributed by atoms with Gasteiger partial charge in [0.1, 0.15) is 11.9 Å². The molecular formula is C17H20N4. The molecule has 1 N–H and O–H groups in total. The summed E-state index contributed by atoms with van der Waals surface area (Å²) in [5, 5.41) is 14.0. The van der Waals surface area contributed by atoms with E-state index in [1.807, 2.05) is 30.3 Å². The number of para-hydroxylation sites is 1. The third kappa shape index (κ3) is 2.84. The molecule has 1 aliphatic heterocycles. The fraction of sp³-hybridized carbons (Fsp3) is 0.412. The molecule has 0 spiro atoms. The molecule has 2 heterocycles. The lowest BCUT2D eigenvalue weighted by Gasteiger charge is -2.26. The standard InChI is InChI=1S/C17H20N4/c1-2-21(12-15-7-5-9-19-15)17-14(11-18)10-13-6-3-4-8-16(13)20-17/h3-4,6,8,10,15,19H,2,5,7,9,12H2,1H3. The molecule has 0 bridgehead atoms. The van der Waals surface area contributed by atoms with Gasteiger partial charge in [0, 0.05) is 24.5 Å². The van der Waals surface area contributed by atoms with E-state index in [9.17, 15) is 5.26 Å². The number of rotatable bonds is 4. The first-order chi connectivity index (χ1) is 10.3. The fourth-order valence-electron chi connectivity index (χ4n) is 2.97. The van der Waals surface area contributed by atoms with Gasteiger partial charge >= 0.3 is 0 Å². The highest BCUT2D eigenvalue weighted by Gasteiger charge is 2.20. The molecule has 0 saturated carbocycles. The van der Waals surface area contributed by atoms with E-state index in [-0.39, 0.29) is 0 Å². The number of likely N-dealkylation sites (N-methyl/N-ethyl adjacent to an activating group) is 1. The molecule has 1 unspecified atom stereocenters. The van der Waals surface area contributed by atoms with Crippen LogP contribution in [0, 0.1) is 11.3 Å². The molecule has 0 amide bonds. The quantitative estimate of drug-likeness (QED) is 0.935. The molecule has 3 rings (SSSR count).